The van der Waals surface area contributed by atoms with Crippen LogP contribution in [0, 0.1) is 0 Å². The lowest BCUT2D eigenvalue weighted by Gasteiger charge is -2.16. The minimum atomic E-state index is -0.500. The number of fused-ring (bicyclic) bond motifs is 2. The number of nitrogens with two attached hydrogens (primary N) is 1. The van der Waals surface area contributed by atoms with Gasteiger partial charge in [0.15, 0.2) is 28.3 Å². The van der Waals surface area contributed by atoms with Crippen LogP contribution in [0.1, 0.15) is 12.7 Å². The normalized spacial score (nSPS) is 10.6. The van der Waals surface area contributed by atoms with Gasteiger partial charge in [0.25, 0.3) is 5.82 Å². The molecule has 0 radical (unpaired) electrons. The zero-order chi connectivity index (χ0) is 21.0. The monoisotopic (exact) mass is 395 g/mol. The quantitative estimate of drug-likeness (QED) is 0.357. The minimum absolute atomic E-state index is 0.217. The lowest BCUT2D eigenvalue weighted by molar-refractivity contribution is -0.653. The van der Waals surface area contributed by atoms with E-state index in [0.29, 0.717) is 23.5 Å². The van der Waals surface area contributed by atoms with E-state index in [1.165, 1.54) is 4.90 Å². The van der Waals surface area contributed by atoms with Crippen molar-refractivity contribution in [1.82, 2.24) is 19.5 Å². The van der Waals surface area contributed by atoms with Gasteiger partial charge in [0.2, 0.25) is 6.41 Å². The van der Waals surface area contributed by atoms with Crippen LogP contribution in [0.3, 0.4) is 0 Å². The van der Waals surface area contributed by atoms with Crippen LogP contribution in [-0.4, -0.2) is 32.4 Å². The number of carboxylic acid groups (broad SMARTS) is 1. The number of aromatic nitrogens is 5. The van der Waals surface area contributed by atoms with E-state index >= 15 is 0 Å². The number of nitrogen functional groups attached to an aromatic ring is 1. The Morgan fingerprint density at radius 3 is 2.69 bits per heavy atom. The summed E-state index contributed by atoms with van der Waals surface area (Å²) in [5, 5.41) is 8.25. The van der Waals surface area contributed by atoms with Gasteiger partial charge < -0.3 is 20.6 Å². The maximum atomic E-state index is 11.8. The van der Waals surface area contributed by atoms with Crippen LogP contribution < -0.4 is 20.3 Å². The molecule has 0 atom stereocenters. The molecule has 4 aromatic rings. The molecule has 0 aliphatic carbocycles. The van der Waals surface area contributed by atoms with E-state index < -0.39 is 6.47 Å². The number of para-hydroxylation sites is 2. The highest BCUT2D eigenvalue weighted by atomic mass is 16.3. The van der Waals surface area contributed by atoms with Crippen molar-refractivity contribution < 1.29 is 19.3 Å². The standard InChI is InChI=1S/C18H20N7O.CH2O2/c1-3-25-14-7-5-4-6-13(14)23(2)15(25)10-24(11-26)18-16(19)22-17-12(21-18)8-9-20-17;2-1-3/h4-9,11H,3,10H2,1-2H3,(H3,19,20,22);1H,(H,2,3)/q+1;/p-1. The SMILES string of the molecule is CCn1c(CN(C=O)c2nc3cc[nH]c3nc2N)[n+](C)c2ccccc21.O=C[O-]. The number of nitrogens with one attached hydrogen (secondary N) is 1. The lowest BCUT2D eigenvalue weighted by atomic mass is 10.3. The van der Waals surface area contributed by atoms with Gasteiger partial charge in [-0.15, -0.1) is 0 Å². The number of aromatic amines is 1. The zero-order valence-corrected chi connectivity index (χ0v) is 16.1. The first-order chi connectivity index (χ1) is 14.0. The van der Waals surface area contributed by atoms with E-state index in [4.69, 9.17) is 15.6 Å². The Labute approximate surface area is 166 Å². The second-order valence-electron chi connectivity index (χ2n) is 6.18. The number of hydrogen-bond donors (Lipinski definition) is 2. The summed E-state index contributed by atoms with van der Waals surface area (Å²) in [7, 11) is 2.00. The highest BCUT2D eigenvalue weighted by Crippen LogP contribution is 2.23. The van der Waals surface area contributed by atoms with E-state index in [-0.39, 0.29) is 5.82 Å². The first-order valence-corrected chi connectivity index (χ1v) is 8.89. The fourth-order valence-corrected chi connectivity index (χ4v) is 3.38. The molecule has 0 fully saturated rings. The maximum Gasteiger partial charge on any atom is 0.277 e. The molecule has 10 nitrogen and oxygen atoms in total. The third-order valence-electron chi connectivity index (χ3n) is 4.65. The van der Waals surface area contributed by atoms with Gasteiger partial charge in [-0.2, -0.15) is 0 Å². The summed E-state index contributed by atoms with van der Waals surface area (Å²) in [5.74, 6) is 1.56. The first kappa shape index (κ1) is 19.8. The number of amides is 1. The molecule has 0 spiro atoms. The van der Waals surface area contributed by atoms with E-state index in [2.05, 4.69) is 43.1 Å². The average Bonchev–Trinajstić information content (AvgIpc) is 3.28. The number of imidazole rings is 1. The second kappa shape index (κ2) is 8.38. The van der Waals surface area contributed by atoms with Crippen LogP contribution in [0.15, 0.2) is 36.5 Å². The Morgan fingerprint density at radius 2 is 2.00 bits per heavy atom. The van der Waals surface area contributed by atoms with E-state index in [0.717, 1.165) is 29.8 Å². The van der Waals surface area contributed by atoms with Gasteiger partial charge in [0.05, 0.1) is 13.6 Å². The fraction of sp³-hybridized carbons (Fsp3) is 0.211. The third kappa shape index (κ3) is 3.59. The molecule has 10 heteroatoms. The van der Waals surface area contributed by atoms with E-state index in [9.17, 15) is 4.79 Å². The van der Waals surface area contributed by atoms with Crippen LogP contribution in [-0.2, 0) is 29.7 Å². The fourth-order valence-electron chi connectivity index (χ4n) is 3.38. The summed E-state index contributed by atoms with van der Waals surface area (Å²) < 4.78 is 4.28. The van der Waals surface area contributed by atoms with Crippen molar-refractivity contribution in [1.29, 1.82) is 0 Å². The molecule has 0 unspecified atom stereocenters. The first-order valence-electron chi connectivity index (χ1n) is 8.89. The van der Waals surface area contributed by atoms with E-state index in [1.54, 1.807) is 12.3 Å². The third-order valence-corrected chi connectivity index (χ3v) is 4.65. The molecule has 0 saturated heterocycles. The second-order valence-corrected chi connectivity index (χ2v) is 6.18. The predicted octanol–water partition coefficient (Wildman–Crippen LogP) is -0.132. The number of nitrogens with zero attached hydrogens (tertiary/aromatic N) is 5. The Kier molecular flexibility index (Phi) is 5.72. The Bertz CT molecular complexity index is 1170. The van der Waals surface area contributed by atoms with E-state index in [1.807, 2.05) is 19.2 Å². The van der Waals surface area contributed by atoms with Crippen molar-refractivity contribution in [2.45, 2.75) is 20.0 Å². The molecule has 0 aliphatic heterocycles. The van der Waals surface area contributed by atoms with Gasteiger partial charge in [-0.1, -0.05) is 12.1 Å². The maximum absolute atomic E-state index is 11.8. The van der Waals surface area contributed by atoms with Crippen molar-refractivity contribution in [3.05, 3.63) is 42.4 Å². The topological polar surface area (TPSA) is 137 Å². The Morgan fingerprint density at radius 1 is 1.28 bits per heavy atom. The van der Waals surface area contributed by atoms with Crippen molar-refractivity contribution in [2.75, 3.05) is 10.6 Å². The summed E-state index contributed by atoms with van der Waals surface area (Å²) in [4.78, 5) is 33.4. The summed E-state index contributed by atoms with van der Waals surface area (Å²) in [6.07, 6.45) is 2.49. The molecule has 150 valence electrons. The number of carbonyl (C=O) groups is 2. The molecule has 1 amide bonds. The molecular formula is C19H21N7O3. The number of aryl methyl sites for hydroxylation is 2. The molecular weight excluding hydrogens is 374 g/mol. The Hall–Kier alpha value is -3.95. The molecule has 3 heterocycles. The summed E-state index contributed by atoms with van der Waals surface area (Å²) in [6.45, 7) is 2.72. The predicted molar refractivity (Wildman–Crippen MR) is 105 cm³/mol. The number of hydrogen-bond acceptors (Lipinski definition) is 6. The molecule has 3 aromatic heterocycles. The number of H-pyrrole nitrogens is 1. The highest BCUT2D eigenvalue weighted by Gasteiger charge is 2.25. The van der Waals surface area contributed by atoms with Crippen LogP contribution in [0.4, 0.5) is 11.6 Å². The minimum Gasteiger partial charge on any atom is -0.554 e. The average molecular weight is 395 g/mol. The van der Waals surface area contributed by atoms with Gasteiger partial charge in [0, 0.05) is 12.7 Å². The Balaban J connectivity index is 0.000000755. The zero-order valence-electron chi connectivity index (χ0n) is 16.1. The molecule has 3 N–H and O–H groups in total. The van der Waals surface area contributed by atoms with Gasteiger partial charge in [-0.05, 0) is 25.1 Å². The summed E-state index contributed by atoms with van der Waals surface area (Å²) in [5.41, 5.74) is 9.55. The summed E-state index contributed by atoms with van der Waals surface area (Å²) >= 11 is 0. The summed E-state index contributed by atoms with van der Waals surface area (Å²) in [6, 6.07) is 9.97. The van der Waals surface area contributed by atoms with Crippen molar-refractivity contribution in [3.63, 3.8) is 0 Å². The van der Waals surface area contributed by atoms with Crippen LogP contribution in [0.2, 0.25) is 0 Å². The van der Waals surface area contributed by atoms with Crippen molar-refractivity contribution >= 4 is 46.7 Å². The highest BCUT2D eigenvalue weighted by molar-refractivity contribution is 5.84. The number of anilines is 2. The van der Waals surface area contributed by atoms with Gasteiger partial charge in [-0.25, -0.2) is 19.1 Å². The number of benzene rings is 1. The molecule has 29 heavy (non-hydrogen) atoms. The largest absolute Gasteiger partial charge is 0.554 e. The van der Waals surface area contributed by atoms with Crippen LogP contribution in [0.25, 0.3) is 22.2 Å². The van der Waals surface area contributed by atoms with Crippen LogP contribution in [0.5, 0.6) is 0 Å². The molecule has 0 aliphatic rings. The van der Waals surface area contributed by atoms with Crippen LogP contribution >= 0.6 is 0 Å². The molecule has 0 saturated carbocycles. The van der Waals surface area contributed by atoms with Crippen molar-refractivity contribution in [3.8, 4) is 0 Å². The molecule has 1 aromatic carbocycles. The number of rotatable bonds is 5. The molecule has 4 rings (SSSR count). The lowest BCUT2D eigenvalue weighted by Crippen LogP contribution is -2.38. The van der Waals surface area contributed by atoms with Gasteiger partial charge in [-0.3, -0.25) is 9.69 Å². The smallest absolute Gasteiger partial charge is 0.277 e. The molecule has 0 bridgehead atoms. The number of carbonyl (C=O) groups excluding carboxylic acids is 2. The van der Waals surface area contributed by atoms with Crippen molar-refractivity contribution in [2.24, 2.45) is 7.05 Å². The van der Waals surface area contributed by atoms with Gasteiger partial charge in [0.1, 0.15) is 12.1 Å². The van der Waals surface area contributed by atoms with Gasteiger partial charge >= 0.3 is 0 Å².